The highest BCUT2D eigenvalue weighted by atomic mass is 35.5. The molecule has 0 atom stereocenters. The molecule has 4 aromatic rings. The lowest BCUT2D eigenvalue weighted by Crippen LogP contribution is -2.35. The van der Waals surface area contributed by atoms with E-state index in [0.717, 1.165) is 60.0 Å². The predicted octanol–water partition coefficient (Wildman–Crippen LogP) is 4.65. The molecule has 1 aliphatic heterocycles. The van der Waals surface area contributed by atoms with Crippen molar-refractivity contribution in [2.75, 3.05) is 31.6 Å². The summed E-state index contributed by atoms with van der Waals surface area (Å²) < 4.78 is 7.33. The summed E-state index contributed by atoms with van der Waals surface area (Å²) in [4.78, 5) is 21.4. The molecule has 166 valence electrons. The Hall–Kier alpha value is -2.30. The molecule has 1 N–H and O–H groups in total. The monoisotopic (exact) mass is 487 g/mol. The van der Waals surface area contributed by atoms with E-state index in [4.69, 9.17) is 16.3 Å². The van der Waals surface area contributed by atoms with Crippen molar-refractivity contribution in [3.63, 3.8) is 0 Å². The normalized spacial score (nSPS) is 14.8. The van der Waals surface area contributed by atoms with Gasteiger partial charge in [-0.25, -0.2) is 4.98 Å². The summed E-state index contributed by atoms with van der Waals surface area (Å²) >= 11 is 8.89. The zero-order valence-corrected chi connectivity index (χ0v) is 19.9. The average molecular weight is 488 g/mol. The molecule has 4 heterocycles. The number of nitrogens with zero attached hydrogens (tertiary/aromatic N) is 4. The quantitative estimate of drug-likeness (QED) is 0.428. The van der Waals surface area contributed by atoms with Crippen molar-refractivity contribution >= 4 is 55.5 Å². The van der Waals surface area contributed by atoms with Gasteiger partial charge < -0.3 is 4.74 Å². The number of aromatic nitrogens is 3. The van der Waals surface area contributed by atoms with E-state index in [1.54, 1.807) is 0 Å². The molecule has 0 aliphatic carbocycles. The van der Waals surface area contributed by atoms with Gasteiger partial charge >= 0.3 is 0 Å². The Balaban J connectivity index is 1.29. The number of halogens is 1. The minimum atomic E-state index is -0.143. The lowest BCUT2D eigenvalue weighted by Gasteiger charge is -2.25. The zero-order valence-electron chi connectivity index (χ0n) is 17.5. The molecule has 1 saturated heterocycles. The number of ether oxygens (including phenoxy) is 1. The first-order valence-electron chi connectivity index (χ1n) is 10.3. The van der Waals surface area contributed by atoms with E-state index in [9.17, 15) is 4.79 Å². The molecule has 1 aromatic carbocycles. The maximum Gasteiger partial charge on any atom is 0.267 e. The summed E-state index contributed by atoms with van der Waals surface area (Å²) in [5.41, 5.74) is 2.98. The number of anilines is 1. The molecule has 0 saturated carbocycles. The second-order valence-electron chi connectivity index (χ2n) is 7.69. The third-order valence-electron chi connectivity index (χ3n) is 5.34. The fraction of sp³-hybridized carbons (Fsp3) is 0.318. The summed E-state index contributed by atoms with van der Waals surface area (Å²) in [5, 5.41) is 11.9. The molecule has 5 rings (SSSR count). The minimum Gasteiger partial charge on any atom is -0.379 e. The van der Waals surface area contributed by atoms with E-state index >= 15 is 0 Å². The molecule has 1 aliphatic rings. The van der Waals surface area contributed by atoms with E-state index in [1.807, 2.05) is 47.3 Å². The largest absolute Gasteiger partial charge is 0.379 e. The Morgan fingerprint density at radius 2 is 2.00 bits per heavy atom. The molecule has 1 amide bonds. The summed E-state index contributed by atoms with van der Waals surface area (Å²) in [6, 6.07) is 9.64. The maximum absolute atomic E-state index is 12.9. The van der Waals surface area contributed by atoms with Crippen LogP contribution in [0.3, 0.4) is 0 Å². The van der Waals surface area contributed by atoms with E-state index in [1.165, 1.54) is 22.7 Å². The number of carbonyl (C=O) groups excluding carboxylic acids is 1. The number of hydrogen-bond donors (Lipinski definition) is 1. The van der Waals surface area contributed by atoms with Crippen LogP contribution < -0.4 is 5.32 Å². The van der Waals surface area contributed by atoms with Crippen molar-refractivity contribution in [3.8, 4) is 0 Å². The van der Waals surface area contributed by atoms with E-state index in [0.29, 0.717) is 21.6 Å². The van der Waals surface area contributed by atoms with Gasteiger partial charge in [-0.2, -0.15) is 5.10 Å². The number of thiazole rings is 1. The third-order valence-corrected chi connectivity index (χ3v) is 7.54. The number of aryl methyl sites for hydroxylation is 1. The van der Waals surface area contributed by atoms with Gasteiger partial charge in [0.05, 0.1) is 36.0 Å². The van der Waals surface area contributed by atoms with Gasteiger partial charge in [0, 0.05) is 35.4 Å². The first-order valence-corrected chi connectivity index (χ1v) is 12.4. The van der Waals surface area contributed by atoms with E-state index in [2.05, 4.69) is 20.3 Å². The van der Waals surface area contributed by atoms with Crippen molar-refractivity contribution < 1.29 is 9.53 Å². The van der Waals surface area contributed by atoms with E-state index in [-0.39, 0.29) is 5.91 Å². The van der Waals surface area contributed by atoms with Crippen LogP contribution in [0.15, 0.2) is 35.7 Å². The average Bonchev–Trinajstić information content (AvgIpc) is 3.49. The molecule has 10 heteroatoms. The van der Waals surface area contributed by atoms with Crippen LogP contribution in [-0.4, -0.2) is 51.9 Å². The number of hydrogen-bond acceptors (Lipinski definition) is 7. The first-order chi connectivity index (χ1) is 15.5. The molecule has 0 spiro atoms. The molecule has 32 heavy (non-hydrogen) atoms. The van der Waals surface area contributed by atoms with Crippen molar-refractivity contribution in [1.82, 2.24) is 19.7 Å². The number of rotatable bonds is 6. The van der Waals surface area contributed by atoms with Crippen molar-refractivity contribution in [1.29, 1.82) is 0 Å². The molecule has 0 bridgehead atoms. The number of thiophene rings is 1. The highest BCUT2D eigenvalue weighted by Gasteiger charge is 2.18. The van der Waals surface area contributed by atoms with Gasteiger partial charge in [-0.05, 0) is 30.7 Å². The summed E-state index contributed by atoms with van der Waals surface area (Å²) in [6.45, 7) is 6.70. The van der Waals surface area contributed by atoms with Gasteiger partial charge in [0.1, 0.15) is 4.83 Å². The van der Waals surface area contributed by atoms with Gasteiger partial charge in [0.15, 0.2) is 5.13 Å². The van der Waals surface area contributed by atoms with Crippen LogP contribution in [0.4, 0.5) is 5.13 Å². The second kappa shape index (κ2) is 9.29. The Morgan fingerprint density at radius 1 is 1.22 bits per heavy atom. The fourth-order valence-electron chi connectivity index (χ4n) is 3.68. The SMILES string of the molecule is Cc1nn(Cc2ccc(Cl)cc2)c2sc(C(=O)Nc3nc(CN4CCOCC4)cs3)cc12. The maximum atomic E-state index is 12.9. The topological polar surface area (TPSA) is 72.3 Å². The Kier molecular flexibility index (Phi) is 6.25. The first kappa shape index (κ1) is 21.5. The number of carbonyl (C=O) groups is 1. The Morgan fingerprint density at radius 3 is 2.78 bits per heavy atom. The highest BCUT2D eigenvalue weighted by molar-refractivity contribution is 7.20. The van der Waals surface area contributed by atoms with Gasteiger partial charge in [0.25, 0.3) is 5.91 Å². The fourth-order valence-corrected chi connectivity index (χ4v) is 5.56. The number of nitrogens with one attached hydrogen (secondary N) is 1. The van der Waals surface area contributed by atoms with Crippen LogP contribution in [0.5, 0.6) is 0 Å². The lowest BCUT2D eigenvalue weighted by molar-refractivity contribution is 0.0337. The van der Waals surface area contributed by atoms with Crippen LogP contribution >= 0.6 is 34.3 Å². The summed E-state index contributed by atoms with van der Waals surface area (Å²) in [7, 11) is 0. The van der Waals surface area contributed by atoms with Crippen LogP contribution in [-0.2, 0) is 17.8 Å². The van der Waals surface area contributed by atoms with Gasteiger partial charge in [-0.3, -0.25) is 19.7 Å². The van der Waals surface area contributed by atoms with Crippen LogP contribution in [0.1, 0.15) is 26.6 Å². The molecular formula is C22H22ClN5O2S2. The third kappa shape index (κ3) is 4.72. The number of morpholine rings is 1. The molecule has 1 fully saturated rings. The minimum absolute atomic E-state index is 0.143. The second-order valence-corrected chi connectivity index (χ2v) is 10.0. The van der Waals surface area contributed by atoms with Crippen LogP contribution in [0.25, 0.3) is 10.2 Å². The van der Waals surface area contributed by atoms with E-state index < -0.39 is 0 Å². The molecule has 0 unspecified atom stereocenters. The lowest BCUT2D eigenvalue weighted by atomic mass is 10.2. The van der Waals surface area contributed by atoms with Gasteiger partial charge in [-0.1, -0.05) is 23.7 Å². The number of benzene rings is 1. The molecular weight excluding hydrogens is 466 g/mol. The van der Waals surface area contributed by atoms with Crippen molar-refractivity contribution in [3.05, 3.63) is 62.6 Å². The van der Waals surface area contributed by atoms with Gasteiger partial charge in [-0.15, -0.1) is 22.7 Å². The smallest absolute Gasteiger partial charge is 0.267 e. The van der Waals surface area contributed by atoms with Crippen molar-refractivity contribution in [2.45, 2.75) is 20.0 Å². The standard InChI is InChI=1S/C22H22ClN5O2S2/c1-14-18-10-19(32-21(18)28(26-14)11-15-2-4-16(23)5-3-15)20(29)25-22-24-17(13-31-22)12-27-6-8-30-9-7-27/h2-5,10,13H,6-9,11-12H2,1H3,(H,24,25,29). The summed E-state index contributed by atoms with van der Waals surface area (Å²) in [6.07, 6.45) is 0. The molecule has 0 radical (unpaired) electrons. The molecule has 3 aromatic heterocycles. The zero-order chi connectivity index (χ0) is 22.1. The predicted molar refractivity (Wildman–Crippen MR) is 129 cm³/mol. The molecule has 7 nitrogen and oxygen atoms in total. The Bertz CT molecular complexity index is 1240. The van der Waals surface area contributed by atoms with Gasteiger partial charge in [0.2, 0.25) is 0 Å². The van der Waals surface area contributed by atoms with Crippen molar-refractivity contribution in [2.24, 2.45) is 0 Å². The number of fused-ring (bicyclic) bond motifs is 1. The highest BCUT2D eigenvalue weighted by Crippen LogP contribution is 2.30. The van der Waals surface area contributed by atoms with Crippen LogP contribution in [0, 0.1) is 6.92 Å². The Labute approximate surface area is 198 Å². The van der Waals surface area contributed by atoms with Crippen LogP contribution in [0.2, 0.25) is 5.02 Å². The number of amides is 1. The summed E-state index contributed by atoms with van der Waals surface area (Å²) in [5.74, 6) is -0.143.